The van der Waals surface area contributed by atoms with Gasteiger partial charge in [0, 0.05) is 17.1 Å². The maximum absolute atomic E-state index is 12.0. The monoisotopic (exact) mass is 223 g/mol. The maximum Gasteiger partial charge on any atom is 0.0893 e. The fraction of sp³-hybridized carbons (Fsp3) is 0. The van der Waals surface area contributed by atoms with Gasteiger partial charge in [-0.15, -0.1) is 6.07 Å². The summed E-state index contributed by atoms with van der Waals surface area (Å²) in [6, 6.07) is 1.02. The number of hydrogen-bond donors (Lipinski definition) is 0. The Kier molecular flexibility index (Phi) is 3.67. The minimum absolute atomic E-state index is 0. The number of halogens is 5. The van der Waals surface area contributed by atoms with Crippen LogP contribution in [-0.4, -0.2) is 0 Å². The average molecular weight is 223 g/mol. The fourth-order valence-corrected chi connectivity index (χ4v) is 0.495. The summed E-state index contributed by atoms with van der Waals surface area (Å²) >= 11 is 0. The largest absolute Gasteiger partial charge is 0.278 e. The van der Waals surface area contributed by atoms with Crippen molar-refractivity contribution >= 4 is 0 Å². The normalized spacial score (nSPS) is 9.42. The SMILES string of the molecule is Fc1[c-]c(F)c(F)c(F)c1F.[Fe]. The minimum Gasteiger partial charge on any atom is -0.278 e. The Bertz CT molecular complexity index is 272. The molecule has 0 fully saturated rings. The summed E-state index contributed by atoms with van der Waals surface area (Å²) in [5.41, 5.74) is 0. The van der Waals surface area contributed by atoms with E-state index in [1.54, 1.807) is 0 Å². The molecule has 0 bridgehead atoms. The molecule has 1 rings (SSSR count). The van der Waals surface area contributed by atoms with Crippen LogP contribution < -0.4 is 0 Å². The molecule has 0 saturated carbocycles. The third kappa shape index (κ3) is 1.76. The summed E-state index contributed by atoms with van der Waals surface area (Å²) in [5, 5.41) is 0. The molecule has 12 heavy (non-hydrogen) atoms. The van der Waals surface area contributed by atoms with Crippen molar-refractivity contribution in [2.75, 3.05) is 0 Å². The summed E-state index contributed by atoms with van der Waals surface area (Å²) in [6.45, 7) is 0. The number of benzene rings is 1. The van der Waals surface area contributed by atoms with Gasteiger partial charge in [0.2, 0.25) is 0 Å². The van der Waals surface area contributed by atoms with Gasteiger partial charge in [-0.05, 0) is 0 Å². The Morgan fingerprint density at radius 3 is 1.33 bits per heavy atom. The Morgan fingerprint density at radius 2 is 1.00 bits per heavy atom. The number of hydrogen-bond acceptors (Lipinski definition) is 0. The van der Waals surface area contributed by atoms with Crippen molar-refractivity contribution in [3.8, 4) is 0 Å². The second-order valence-electron chi connectivity index (χ2n) is 1.69. The van der Waals surface area contributed by atoms with Crippen molar-refractivity contribution in [3.05, 3.63) is 35.2 Å². The van der Waals surface area contributed by atoms with Gasteiger partial charge in [0.1, 0.15) is 0 Å². The standard InChI is InChI=1S/C6F5.Fe/c7-2-1-3(8)5(10)6(11)4(2)9;/q-1;. The van der Waals surface area contributed by atoms with E-state index in [1.165, 1.54) is 0 Å². The van der Waals surface area contributed by atoms with Crippen LogP contribution in [0, 0.1) is 35.2 Å². The molecule has 0 radical (unpaired) electrons. The van der Waals surface area contributed by atoms with E-state index in [1.807, 2.05) is 0 Å². The van der Waals surface area contributed by atoms with E-state index in [2.05, 4.69) is 0 Å². The topological polar surface area (TPSA) is 0 Å². The average Bonchev–Trinajstić information content (AvgIpc) is 1.97. The van der Waals surface area contributed by atoms with Gasteiger partial charge < -0.3 is 0 Å². The van der Waals surface area contributed by atoms with E-state index in [0.29, 0.717) is 0 Å². The van der Waals surface area contributed by atoms with Gasteiger partial charge in [-0.2, -0.15) is 0 Å². The van der Waals surface area contributed by atoms with Crippen molar-refractivity contribution in [2.45, 2.75) is 0 Å². The van der Waals surface area contributed by atoms with E-state index >= 15 is 0 Å². The van der Waals surface area contributed by atoms with Gasteiger partial charge in [-0.25, -0.2) is 13.2 Å². The zero-order chi connectivity index (χ0) is 8.59. The molecule has 1 aromatic rings. The molecule has 0 aliphatic rings. The summed E-state index contributed by atoms with van der Waals surface area (Å²) in [6.07, 6.45) is 0. The smallest absolute Gasteiger partial charge is 0.0893 e. The van der Waals surface area contributed by atoms with Crippen LogP contribution in [0.3, 0.4) is 0 Å². The molecule has 0 aliphatic heterocycles. The van der Waals surface area contributed by atoms with Gasteiger partial charge >= 0.3 is 0 Å². The van der Waals surface area contributed by atoms with Gasteiger partial charge in [0.25, 0.3) is 0 Å². The fourth-order valence-electron chi connectivity index (χ4n) is 0.495. The predicted molar refractivity (Wildman–Crippen MR) is 25.1 cm³/mol. The van der Waals surface area contributed by atoms with Crippen LogP contribution in [0.5, 0.6) is 0 Å². The van der Waals surface area contributed by atoms with Crippen molar-refractivity contribution < 1.29 is 39.0 Å². The quantitative estimate of drug-likeness (QED) is 0.208. The molecule has 0 spiro atoms. The van der Waals surface area contributed by atoms with Crippen LogP contribution >= 0.6 is 0 Å². The molecule has 0 N–H and O–H groups in total. The Hall–Kier alpha value is -0.611. The van der Waals surface area contributed by atoms with E-state index in [0.717, 1.165) is 6.07 Å². The maximum atomic E-state index is 12.0. The Balaban J connectivity index is 0.00000121. The van der Waals surface area contributed by atoms with Crippen LogP contribution in [0.4, 0.5) is 22.0 Å². The molecule has 0 amide bonds. The van der Waals surface area contributed by atoms with Gasteiger partial charge in [-0.1, -0.05) is 0 Å². The molecule has 0 nitrogen and oxygen atoms in total. The predicted octanol–water partition coefficient (Wildman–Crippen LogP) is 2.18. The van der Waals surface area contributed by atoms with Crippen molar-refractivity contribution in [2.24, 2.45) is 0 Å². The molecule has 0 heterocycles. The first kappa shape index (κ1) is 11.4. The Labute approximate surface area is 74.9 Å². The van der Waals surface area contributed by atoms with E-state index in [4.69, 9.17) is 0 Å². The van der Waals surface area contributed by atoms with Crippen LogP contribution in [0.2, 0.25) is 0 Å². The third-order valence-corrected chi connectivity index (χ3v) is 0.990. The molecule has 0 saturated heterocycles. The van der Waals surface area contributed by atoms with E-state index in [-0.39, 0.29) is 17.1 Å². The summed E-state index contributed by atoms with van der Waals surface area (Å²) in [4.78, 5) is 0. The summed E-state index contributed by atoms with van der Waals surface area (Å²) < 4.78 is 59.9. The molecular formula is C6F5Fe-. The third-order valence-electron chi connectivity index (χ3n) is 0.990. The first-order chi connectivity index (χ1) is 5.04. The molecule has 0 aliphatic carbocycles. The van der Waals surface area contributed by atoms with Crippen LogP contribution in [0.15, 0.2) is 0 Å². The zero-order valence-electron chi connectivity index (χ0n) is 5.24. The molecule has 1 aromatic carbocycles. The van der Waals surface area contributed by atoms with Crippen molar-refractivity contribution in [1.82, 2.24) is 0 Å². The van der Waals surface area contributed by atoms with Crippen LogP contribution in [-0.2, 0) is 17.1 Å². The molecule has 6 heteroatoms. The molecule has 0 aromatic heterocycles. The minimum atomic E-state index is -2.17. The zero-order valence-corrected chi connectivity index (χ0v) is 6.35. The molecule has 68 valence electrons. The molecule has 0 unspecified atom stereocenters. The van der Waals surface area contributed by atoms with Crippen molar-refractivity contribution in [3.63, 3.8) is 0 Å². The second-order valence-corrected chi connectivity index (χ2v) is 1.69. The van der Waals surface area contributed by atoms with E-state index < -0.39 is 29.1 Å². The summed E-state index contributed by atoms with van der Waals surface area (Å²) in [7, 11) is 0. The summed E-state index contributed by atoms with van der Waals surface area (Å²) in [5.74, 6) is -10.0. The van der Waals surface area contributed by atoms with Crippen molar-refractivity contribution in [1.29, 1.82) is 0 Å². The number of rotatable bonds is 0. The van der Waals surface area contributed by atoms with Crippen LogP contribution in [0.25, 0.3) is 0 Å². The van der Waals surface area contributed by atoms with Crippen LogP contribution in [0.1, 0.15) is 0 Å². The first-order valence-electron chi connectivity index (χ1n) is 2.44. The van der Waals surface area contributed by atoms with E-state index in [9.17, 15) is 22.0 Å². The van der Waals surface area contributed by atoms with Gasteiger partial charge in [0.15, 0.2) is 0 Å². The molecular weight excluding hydrogens is 223 g/mol. The Morgan fingerprint density at radius 1 is 0.667 bits per heavy atom. The molecule has 0 atom stereocenters. The van der Waals surface area contributed by atoms with Gasteiger partial charge in [-0.3, -0.25) is 8.78 Å². The second kappa shape index (κ2) is 3.87. The first-order valence-corrected chi connectivity index (χ1v) is 2.44. The van der Waals surface area contributed by atoms with Gasteiger partial charge in [0.05, 0.1) is 29.1 Å².